The van der Waals surface area contributed by atoms with Crippen LogP contribution in [-0.4, -0.2) is 41.0 Å². The molecule has 1 saturated heterocycles. The van der Waals surface area contributed by atoms with Crippen LogP contribution in [0.25, 0.3) is 0 Å². The summed E-state index contributed by atoms with van der Waals surface area (Å²) in [6.07, 6.45) is 6.46. The Bertz CT molecular complexity index is 484. The number of nitrogens with one attached hydrogen (secondary N) is 1. The maximum atomic E-state index is 11.9. The van der Waals surface area contributed by atoms with Crippen molar-refractivity contribution in [3.63, 3.8) is 0 Å². The van der Waals surface area contributed by atoms with Gasteiger partial charge in [-0.05, 0) is 37.7 Å². The molecule has 1 amide bonds. The first kappa shape index (κ1) is 14.5. The smallest absolute Gasteiger partial charge is 0.246 e. The molecule has 1 aliphatic heterocycles. The van der Waals surface area contributed by atoms with Crippen molar-refractivity contribution in [1.82, 2.24) is 15.1 Å². The molecule has 1 saturated carbocycles. The molecule has 2 atom stereocenters. The fourth-order valence-electron chi connectivity index (χ4n) is 2.82. The Labute approximate surface area is 124 Å². The van der Waals surface area contributed by atoms with Crippen LogP contribution in [0.4, 0.5) is 0 Å². The third-order valence-electron chi connectivity index (χ3n) is 4.23. The van der Waals surface area contributed by atoms with Crippen LogP contribution < -0.4 is 5.32 Å². The molecule has 0 aromatic carbocycles. The molecule has 116 valence electrons. The van der Waals surface area contributed by atoms with E-state index in [0.717, 1.165) is 31.1 Å². The van der Waals surface area contributed by atoms with E-state index in [4.69, 9.17) is 9.47 Å². The summed E-state index contributed by atoms with van der Waals surface area (Å²) in [6.45, 7) is 1.25. The van der Waals surface area contributed by atoms with Crippen molar-refractivity contribution < 1.29 is 14.3 Å². The lowest BCUT2D eigenvalue weighted by Gasteiger charge is -2.30. The molecule has 0 spiro atoms. The zero-order valence-corrected chi connectivity index (χ0v) is 12.5. The van der Waals surface area contributed by atoms with Crippen LogP contribution in [0.15, 0.2) is 12.3 Å². The predicted molar refractivity (Wildman–Crippen MR) is 76.5 cm³/mol. The van der Waals surface area contributed by atoms with Crippen molar-refractivity contribution in [2.45, 2.75) is 44.4 Å². The predicted octanol–water partition coefficient (Wildman–Crippen LogP) is 1.01. The topological polar surface area (TPSA) is 65.4 Å². The van der Waals surface area contributed by atoms with Crippen LogP contribution >= 0.6 is 0 Å². The second-order valence-corrected chi connectivity index (χ2v) is 5.97. The van der Waals surface area contributed by atoms with Crippen LogP contribution in [0.1, 0.15) is 31.4 Å². The van der Waals surface area contributed by atoms with Crippen molar-refractivity contribution in [2.75, 3.05) is 13.2 Å². The van der Waals surface area contributed by atoms with Crippen LogP contribution in [0.2, 0.25) is 0 Å². The van der Waals surface area contributed by atoms with E-state index in [0.29, 0.717) is 12.7 Å². The van der Waals surface area contributed by atoms with Gasteiger partial charge in [-0.15, -0.1) is 0 Å². The second kappa shape index (κ2) is 6.58. The standard InChI is InChI=1S/C15H23N3O3/c1-18-13(4-6-16-18)9-20-10-15(19)17-12-5-7-21-14(8-12)11-2-3-11/h4,6,11-12,14H,2-3,5,7-10H2,1H3,(H,17,19). The highest BCUT2D eigenvalue weighted by molar-refractivity contribution is 5.77. The van der Waals surface area contributed by atoms with E-state index in [1.165, 1.54) is 12.8 Å². The highest BCUT2D eigenvalue weighted by atomic mass is 16.5. The Morgan fingerprint density at radius 1 is 1.52 bits per heavy atom. The van der Waals surface area contributed by atoms with Crippen molar-refractivity contribution in [3.05, 3.63) is 18.0 Å². The minimum absolute atomic E-state index is 0.0429. The molecule has 0 bridgehead atoms. The Balaban J connectivity index is 1.36. The summed E-state index contributed by atoms with van der Waals surface area (Å²) in [5.74, 6) is 0.685. The number of carbonyl (C=O) groups is 1. The Morgan fingerprint density at radius 2 is 2.38 bits per heavy atom. The molecule has 21 heavy (non-hydrogen) atoms. The summed E-state index contributed by atoms with van der Waals surface area (Å²) in [5.41, 5.74) is 0.961. The van der Waals surface area contributed by atoms with Gasteiger partial charge in [-0.3, -0.25) is 9.48 Å². The van der Waals surface area contributed by atoms with Crippen LogP contribution in [0.5, 0.6) is 0 Å². The third kappa shape index (κ3) is 4.04. The first-order chi connectivity index (χ1) is 10.2. The molecule has 1 N–H and O–H groups in total. The number of carbonyl (C=O) groups excluding carboxylic acids is 1. The molecule has 1 aromatic rings. The summed E-state index contributed by atoms with van der Waals surface area (Å²) in [5, 5.41) is 7.12. The van der Waals surface area contributed by atoms with Gasteiger partial charge in [0, 0.05) is 25.9 Å². The first-order valence-corrected chi connectivity index (χ1v) is 7.68. The molecule has 6 nitrogen and oxygen atoms in total. The maximum absolute atomic E-state index is 11.9. The number of hydrogen-bond donors (Lipinski definition) is 1. The highest BCUT2D eigenvalue weighted by Gasteiger charge is 2.36. The van der Waals surface area contributed by atoms with Gasteiger partial charge in [-0.1, -0.05) is 0 Å². The average molecular weight is 293 g/mol. The van der Waals surface area contributed by atoms with Gasteiger partial charge in [0.1, 0.15) is 6.61 Å². The van der Waals surface area contributed by atoms with Gasteiger partial charge in [0.2, 0.25) is 5.91 Å². The number of aromatic nitrogens is 2. The Hall–Kier alpha value is -1.40. The molecule has 2 fully saturated rings. The Kier molecular flexibility index (Phi) is 4.55. The monoisotopic (exact) mass is 293 g/mol. The SMILES string of the molecule is Cn1nccc1COCC(=O)NC1CCOC(C2CC2)C1. The van der Waals surface area contributed by atoms with Crippen molar-refractivity contribution in [3.8, 4) is 0 Å². The van der Waals surface area contributed by atoms with E-state index in [2.05, 4.69) is 10.4 Å². The van der Waals surface area contributed by atoms with E-state index in [9.17, 15) is 4.79 Å². The van der Waals surface area contributed by atoms with Gasteiger partial charge >= 0.3 is 0 Å². The normalized spacial score (nSPS) is 25.8. The minimum atomic E-state index is -0.0429. The number of rotatable bonds is 6. The average Bonchev–Trinajstić information content (AvgIpc) is 3.24. The van der Waals surface area contributed by atoms with Gasteiger partial charge in [-0.25, -0.2) is 0 Å². The van der Waals surface area contributed by atoms with Crippen molar-refractivity contribution in [2.24, 2.45) is 13.0 Å². The molecule has 3 rings (SSSR count). The molecule has 1 aromatic heterocycles. The van der Waals surface area contributed by atoms with Crippen LogP contribution in [0.3, 0.4) is 0 Å². The summed E-state index contributed by atoms with van der Waals surface area (Å²) >= 11 is 0. The number of ether oxygens (including phenoxy) is 2. The second-order valence-electron chi connectivity index (χ2n) is 5.97. The lowest BCUT2D eigenvalue weighted by molar-refractivity contribution is -0.128. The summed E-state index contributed by atoms with van der Waals surface area (Å²) < 4.78 is 13.0. The Morgan fingerprint density at radius 3 is 3.10 bits per heavy atom. The van der Waals surface area contributed by atoms with Gasteiger partial charge in [0.15, 0.2) is 0 Å². The molecule has 1 aliphatic carbocycles. The van der Waals surface area contributed by atoms with Crippen molar-refractivity contribution >= 4 is 5.91 Å². The summed E-state index contributed by atoms with van der Waals surface area (Å²) in [4.78, 5) is 11.9. The van der Waals surface area contributed by atoms with E-state index in [-0.39, 0.29) is 18.6 Å². The largest absolute Gasteiger partial charge is 0.378 e. The van der Waals surface area contributed by atoms with Crippen LogP contribution in [0, 0.1) is 5.92 Å². The highest BCUT2D eigenvalue weighted by Crippen LogP contribution is 2.38. The zero-order valence-electron chi connectivity index (χ0n) is 12.5. The van der Waals surface area contributed by atoms with E-state index < -0.39 is 0 Å². The maximum Gasteiger partial charge on any atom is 0.246 e. The molecule has 2 aliphatic rings. The number of nitrogens with zero attached hydrogens (tertiary/aromatic N) is 2. The summed E-state index contributed by atoms with van der Waals surface area (Å²) in [7, 11) is 1.86. The molecule has 2 heterocycles. The minimum Gasteiger partial charge on any atom is -0.378 e. The van der Waals surface area contributed by atoms with Gasteiger partial charge in [0.25, 0.3) is 0 Å². The molecular formula is C15H23N3O3. The van der Waals surface area contributed by atoms with Gasteiger partial charge < -0.3 is 14.8 Å². The lowest BCUT2D eigenvalue weighted by Crippen LogP contribution is -2.43. The van der Waals surface area contributed by atoms with E-state index in [1.807, 2.05) is 13.1 Å². The third-order valence-corrected chi connectivity index (χ3v) is 4.23. The molecule has 6 heteroatoms. The summed E-state index contributed by atoms with van der Waals surface area (Å²) in [6, 6.07) is 2.12. The fraction of sp³-hybridized carbons (Fsp3) is 0.733. The zero-order chi connectivity index (χ0) is 14.7. The van der Waals surface area contributed by atoms with Crippen LogP contribution in [-0.2, 0) is 27.9 Å². The van der Waals surface area contributed by atoms with E-state index in [1.54, 1.807) is 10.9 Å². The first-order valence-electron chi connectivity index (χ1n) is 7.68. The van der Waals surface area contributed by atoms with E-state index >= 15 is 0 Å². The number of aryl methyl sites for hydroxylation is 1. The molecule has 0 radical (unpaired) electrons. The fourth-order valence-corrected chi connectivity index (χ4v) is 2.82. The van der Waals surface area contributed by atoms with Gasteiger partial charge in [-0.2, -0.15) is 5.10 Å². The molecular weight excluding hydrogens is 270 g/mol. The number of amides is 1. The van der Waals surface area contributed by atoms with Crippen molar-refractivity contribution in [1.29, 1.82) is 0 Å². The lowest BCUT2D eigenvalue weighted by atomic mass is 10.00. The quantitative estimate of drug-likeness (QED) is 0.850. The molecule has 2 unspecified atom stereocenters. The van der Waals surface area contributed by atoms with Gasteiger partial charge in [0.05, 0.1) is 18.4 Å². The number of hydrogen-bond acceptors (Lipinski definition) is 4.